The second kappa shape index (κ2) is 3.97. The van der Waals surface area contributed by atoms with Crippen LogP contribution in [-0.4, -0.2) is 7.11 Å². The van der Waals surface area contributed by atoms with Crippen LogP contribution in [0.4, 0.5) is 4.39 Å². The molecule has 12 heavy (non-hydrogen) atoms. The summed E-state index contributed by atoms with van der Waals surface area (Å²) in [4.78, 5) is 0. The minimum atomic E-state index is -0.508. The van der Waals surface area contributed by atoms with E-state index in [9.17, 15) is 4.39 Å². The Hall–Kier alpha value is -0.470. The Balaban J connectivity index is 3.20. The molecule has 0 fully saturated rings. The third-order valence-corrected chi connectivity index (χ3v) is 2.13. The highest BCUT2D eigenvalue weighted by atomic mass is 35.5. The third kappa shape index (κ3) is 1.65. The Morgan fingerprint density at radius 3 is 2.67 bits per heavy atom. The lowest BCUT2D eigenvalue weighted by molar-refractivity contribution is 0.411. The fourth-order valence-electron chi connectivity index (χ4n) is 0.833. The highest BCUT2D eigenvalue weighted by Crippen LogP contribution is 2.29. The maximum absolute atomic E-state index is 13.2. The Kier molecular flexibility index (Phi) is 3.18. The van der Waals surface area contributed by atoms with Crippen molar-refractivity contribution in [3.8, 4) is 5.75 Å². The van der Waals surface area contributed by atoms with Gasteiger partial charge in [-0.25, -0.2) is 4.39 Å². The van der Waals surface area contributed by atoms with Crippen molar-refractivity contribution in [3.05, 3.63) is 28.5 Å². The van der Waals surface area contributed by atoms with Crippen LogP contribution >= 0.6 is 23.2 Å². The van der Waals surface area contributed by atoms with Gasteiger partial charge in [-0.2, -0.15) is 0 Å². The minimum Gasteiger partial charge on any atom is -0.495 e. The van der Waals surface area contributed by atoms with E-state index in [1.807, 2.05) is 0 Å². The van der Waals surface area contributed by atoms with Crippen LogP contribution in [-0.2, 0) is 5.88 Å². The summed E-state index contributed by atoms with van der Waals surface area (Å²) in [5, 5.41) is -0.0179. The van der Waals surface area contributed by atoms with Crippen molar-refractivity contribution in [1.82, 2.24) is 0 Å². The molecule has 0 aliphatic rings. The van der Waals surface area contributed by atoms with Gasteiger partial charge in [0.1, 0.15) is 16.6 Å². The molecule has 1 aromatic carbocycles. The molecule has 1 aromatic rings. The molecule has 0 saturated carbocycles. The third-order valence-electron chi connectivity index (χ3n) is 1.49. The lowest BCUT2D eigenvalue weighted by Crippen LogP contribution is -1.91. The van der Waals surface area contributed by atoms with Crippen LogP contribution in [0.3, 0.4) is 0 Å². The van der Waals surface area contributed by atoms with Crippen molar-refractivity contribution in [3.63, 3.8) is 0 Å². The molecule has 0 aliphatic heterocycles. The molecule has 0 atom stereocenters. The first-order chi connectivity index (χ1) is 5.70. The summed E-state index contributed by atoms with van der Waals surface area (Å²) in [6.45, 7) is 0. The van der Waals surface area contributed by atoms with E-state index >= 15 is 0 Å². The molecule has 0 amide bonds. The van der Waals surface area contributed by atoms with E-state index in [0.29, 0.717) is 11.3 Å². The zero-order valence-corrected chi connectivity index (χ0v) is 7.92. The standard InChI is InChI=1S/C8H7Cl2FO/c1-12-6-3-2-5(4-9)8(11)7(6)10/h2-3H,4H2,1H3. The predicted octanol–water partition coefficient (Wildman–Crippen LogP) is 3.23. The van der Waals surface area contributed by atoms with E-state index in [2.05, 4.69) is 0 Å². The van der Waals surface area contributed by atoms with Gasteiger partial charge in [0.15, 0.2) is 0 Å². The normalized spacial score (nSPS) is 10.0. The van der Waals surface area contributed by atoms with E-state index in [1.54, 1.807) is 12.1 Å². The van der Waals surface area contributed by atoms with Gasteiger partial charge in [0.25, 0.3) is 0 Å². The monoisotopic (exact) mass is 208 g/mol. The summed E-state index contributed by atoms with van der Waals surface area (Å²) in [6.07, 6.45) is 0. The Morgan fingerprint density at radius 2 is 2.17 bits per heavy atom. The molecular formula is C8H7Cl2FO. The molecule has 0 unspecified atom stereocenters. The largest absolute Gasteiger partial charge is 0.495 e. The fourth-order valence-corrected chi connectivity index (χ4v) is 1.30. The van der Waals surface area contributed by atoms with Gasteiger partial charge >= 0.3 is 0 Å². The second-order valence-electron chi connectivity index (χ2n) is 2.19. The van der Waals surface area contributed by atoms with Gasteiger partial charge in [-0.1, -0.05) is 17.7 Å². The predicted molar refractivity (Wildman–Crippen MR) is 47.5 cm³/mol. The smallest absolute Gasteiger partial charge is 0.149 e. The molecular weight excluding hydrogens is 202 g/mol. The van der Waals surface area contributed by atoms with Gasteiger partial charge in [-0.3, -0.25) is 0 Å². The Labute approximate surface area is 80.0 Å². The number of hydrogen-bond acceptors (Lipinski definition) is 1. The molecule has 1 rings (SSSR count). The summed E-state index contributed by atoms with van der Waals surface area (Å²) < 4.78 is 18.0. The summed E-state index contributed by atoms with van der Waals surface area (Å²) in [7, 11) is 1.43. The highest BCUT2D eigenvalue weighted by molar-refractivity contribution is 6.32. The number of methoxy groups -OCH3 is 1. The van der Waals surface area contributed by atoms with E-state index < -0.39 is 5.82 Å². The molecule has 0 aliphatic carbocycles. The van der Waals surface area contributed by atoms with E-state index in [0.717, 1.165) is 0 Å². The lowest BCUT2D eigenvalue weighted by Gasteiger charge is -2.05. The van der Waals surface area contributed by atoms with Gasteiger partial charge in [0, 0.05) is 5.56 Å². The van der Waals surface area contributed by atoms with Gasteiger partial charge in [0.05, 0.1) is 13.0 Å². The van der Waals surface area contributed by atoms with Crippen LogP contribution in [0.25, 0.3) is 0 Å². The zero-order chi connectivity index (χ0) is 9.14. The van der Waals surface area contributed by atoms with Crippen LogP contribution in [0.15, 0.2) is 12.1 Å². The van der Waals surface area contributed by atoms with Gasteiger partial charge in [-0.05, 0) is 6.07 Å². The summed E-state index contributed by atoms with van der Waals surface area (Å²) in [5.41, 5.74) is 0.377. The van der Waals surface area contributed by atoms with Crippen molar-refractivity contribution < 1.29 is 9.13 Å². The topological polar surface area (TPSA) is 9.23 Å². The first-order valence-electron chi connectivity index (χ1n) is 3.27. The Morgan fingerprint density at radius 1 is 1.50 bits per heavy atom. The first-order valence-corrected chi connectivity index (χ1v) is 4.18. The Bertz CT molecular complexity index is 260. The van der Waals surface area contributed by atoms with Crippen LogP contribution in [0.1, 0.15) is 5.56 Å². The van der Waals surface area contributed by atoms with Crippen molar-refractivity contribution in [1.29, 1.82) is 0 Å². The molecule has 1 nitrogen and oxygen atoms in total. The highest BCUT2D eigenvalue weighted by Gasteiger charge is 2.10. The van der Waals surface area contributed by atoms with Crippen LogP contribution < -0.4 is 4.74 Å². The van der Waals surface area contributed by atoms with Gasteiger partial charge < -0.3 is 4.74 Å². The minimum absolute atomic E-state index is 0.0179. The fraction of sp³-hybridized carbons (Fsp3) is 0.250. The average molecular weight is 209 g/mol. The number of rotatable bonds is 2. The van der Waals surface area contributed by atoms with E-state index in [1.165, 1.54) is 7.11 Å². The van der Waals surface area contributed by atoms with Crippen molar-refractivity contribution in [2.75, 3.05) is 7.11 Å². The molecule has 4 heteroatoms. The summed E-state index contributed by atoms with van der Waals surface area (Å²) >= 11 is 11.1. The molecule has 0 spiro atoms. The average Bonchev–Trinajstić information content (AvgIpc) is 2.10. The molecule has 0 bridgehead atoms. The quantitative estimate of drug-likeness (QED) is 0.679. The number of ether oxygens (including phenoxy) is 1. The van der Waals surface area contributed by atoms with Crippen molar-refractivity contribution >= 4 is 23.2 Å². The number of alkyl halides is 1. The van der Waals surface area contributed by atoms with Crippen molar-refractivity contribution in [2.45, 2.75) is 5.88 Å². The summed E-state index contributed by atoms with van der Waals surface area (Å²) in [5.74, 6) is -0.0794. The lowest BCUT2D eigenvalue weighted by atomic mass is 10.2. The molecule has 0 heterocycles. The second-order valence-corrected chi connectivity index (χ2v) is 2.83. The molecule has 66 valence electrons. The summed E-state index contributed by atoms with van der Waals surface area (Å²) in [6, 6.07) is 3.14. The molecule has 0 N–H and O–H groups in total. The van der Waals surface area contributed by atoms with Gasteiger partial charge in [-0.15, -0.1) is 11.6 Å². The maximum atomic E-state index is 13.2. The van der Waals surface area contributed by atoms with E-state index in [4.69, 9.17) is 27.9 Å². The molecule has 0 radical (unpaired) electrons. The zero-order valence-electron chi connectivity index (χ0n) is 6.40. The number of halogens is 3. The SMILES string of the molecule is COc1ccc(CCl)c(F)c1Cl. The van der Waals surface area contributed by atoms with Crippen LogP contribution in [0.5, 0.6) is 5.75 Å². The maximum Gasteiger partial charge on any atom is 0.149 e. The van der Waals surface area contributed by atoms with Crippen LogP contribution in [0.2, 0.25) is 5.02 Å². The number of benzene rings is 1. The van der Waals surface area contributed by atoms with Crippen molar-refractivity contribution in [2.24, 2.45) is 0 Å². The first kappa shape index (κ1) is 9.62. The van der Waals surface area contributed by atoms with Crippen LogP contribution in [0, 0.1) is 5.82 Å². The molecule has 0 aromatic heterocycles. The molecule has 0 saturated heterocycles. The number of hydrogen-bond donors (Lipinski definition) is 0. The van der Waals surface area contributed by atoms with Gasteiger partial charge in [0.2, 0.25) is 0 Å². The van der Waals surface area contributed by atoms with E-state index in [-0.39, 0.29) is 10.9 Å².